The van der Waals surface area contributed by atoms with Crippen LogP contribution in [0.2, 0.25) is 0 Å². The standard InChI is InChI=1S/C29H34N6O2/c1-34(2)14-5-9-27(36)24-11-10-23-17-22(24)19-35-15-4-8-26(35)28(37)31-18-20-6-3-7-21(16-20)25-12-13-30-29(32-23)33-25/h3,6-7,10-13,16-17,26H,4-5,8-9,14-15,18-19H2,1-2H3,(H,31,37)(H,30,32,33)/t26-/m0/s1. The van der Waals surface area contributed by atoms with Crippen LogP contribution < -0.4 is 10.6 Å². The molecule has 6 bridgehead atoms. The summed E-state index contributed by atoms with van der Waals surface area (Å²) in [4.78, 5) is 39.9. The third kappa shape index (κ3) is 6.03. The number of nitrogens with one attached hydrogen (secondary N) is 2. The molecule has 0 radical (unpaired) electrons. The van der Waals surface area contributed by atoms with Crippen molar-refractivity contribution >= 4 is 23.3 Å². The highest BCUT2D eigenvalue weighted by molar-refractivity contribution is 5.98. The summed E-state index contributed by atoms with van der Waals surface area (Å²) in [5.41, 5.74) is 5.25. The lowest BCUT2D eigenvalue weighted by atomic mass is 9.98. The first-order valence-corrected chi connectivity index (χ1v) is 13.0. The van der Waals surface area contributed by atoms with E-state index in [4.69, 9.17) is 4.98 Å². The highest BCUT2D eigenvalue weighted by Gasteiger charge is 2.31. The number of hydrogen-bond donors (Lipinski definition) is 2. The third-order valence-electron chi connectivity index (χ3n) is 7.06. The van der Waals surface area contributed by atoms with Gasteiger partial charge in [0.25, 0.3) is 0 Å². The van der Waals surface area contributed by atoms with Gasteiger partial charge in [-0.15, -0.1) is 0 Å². The van der Waals surface area contributed by atoms with Crippen molar-refractivity contribution in [2.75, 3.05) is 32.5 Å². The number of rotatable bonds is 5. The molecule has 1 aromatic heterocycles. The van der Waals surface area contributed by atoms with E-state index in [-0.39, 0.29) is 17.7 Å². The van der Waals surface area contributed by atoms with Crippen LogP contribution in [0.3, 0.4) is 0 Å². The second kappa shape index (κ2) is 11.2. The van der Waals surface area contributed by atoms with Gasteiger partial charge in [0.1, 0.15) is 0 Å². The maximum Gasteiger partial charge on any atom is 0.237 e. The van der Waals surface area contributed by atoms with Crippen molar-refractivity contribution in [3.05, 3.63) is 71.4 Å². The zero-order chi connectivity index (χ0) is 25.8. The van der Waals surface area contributed by atoms with Crippen LogP contribution in [-0.2, 0) is 17.9 Å². The average molecular weight is 499 g/mol. The molecule has 1 fully saturated rings. The minimum Gasteiger partial charge on any atom is -0.351 e. The lowest BCUT2D eigenvalue weighted by molar-refractivity contribution is -0.125. The number of fused-ring (bicyclic) bond motifs is 8. The summed E-state index contributed by atoms with van der Waals surface area (Å²) < 4.78 is 0. The van der Waals surface area contributed by atoms with Gasteiger partial charge >= 0.3 is 0 Å². The van der Waals surface area contributed by atoms with Gasteiger partial charge < -0.3 is 15.5 Å². The molecule has 0 aliphatic carbocycles. The molecule has 37 heavy (non-hydrogen) atoms. The number of carbonyl (C=O) groups is 2. The zero-order valence-electron chi connectivity index (χ0n) is 21.5. The van der Waals surface area contributed by atoms with Crippen LogP contribution in [-0.4, -0.2) is 64.7 Å². The molecule has 3 aromatic rings. The molecule has 1 amide bonds. The van der Waals surface area contributed by atoms with Crippen molar-refractivity contribution in [1.29, 1.82) is 0 Å². The number of aromatic nitrogens is 2. The van der Waals surface area contributed by atoms with E-state index >= 15 is 0 Å². The molecule has 2 aromatic carbocycles. The Balaban J connectivity index is 1.51. The zero-order valence-corrected chi connectivity index (χ0v) is 21.5. The van der Waals surface area contributed by atoms with Gasteiger partial charge in [0.2, 0.25) is 11.9 Å². The molecule has 8 nitrogen and oxygen atoms in total. The number of carbonyl (C=O) groups excluding carboxylic acids is 2. The van der Waals surface area contributed by atoms with Crippen molar-refractivity contribution in [3.8, 4) is 11.3 Å². The molecule has 2 aliphatic heterocycles. The Labute approximate surface area is 218 Å². The van der Waals surface area contributed by atoms with Crippen LogP contribution in [0.25, 0.3) is 11.3 Å². The predicted octanol–water partition coefficient (Wildman–Crippen LogP) is 4.01. The molecule has 192 valence electrons. The first-order valence-electron chi connectivity index (χ1n) is 13.0. The Hall–Kier alpha value is -3.62. The molecule has 1 saturated heterocycles. The average Bonchev–Trinajstić information content (AvgIpc) is 3.35. The first-order chi connectivity index (χ1) is 18.0. The second-order valence-corrected chi connectivity index (χ2v) is 10.1. The van der Waals surface area contributed by atoms with Crippen LogP contribution >= 0.6 is 0 Å². The van der Waals surface area contributed by atoms with Gasteiger partial charge in [-0.05, 0) is 87.9 Å². The molecular weight excluding hydrogens is 464 g/mol. The normalized spacial score (nSPS) is 17.7. The van der Waals surface area contributed by atoms with Crippen LogP contribution in [0.5, 0.6) is 0 Å². The van der Waals surface area contributed by atoms with Gasteiger partial charge in [-0.1, -0.05) is 18.2 Å². The van der Waals surface area contributed by atoms with E-state index in [1.165, 1.54) is 0 Å². The predicted molar refractivity (Wildman–Crippen MR) is 145 cm³/mol. The molecule has 0 saturated carbocycles. The molecule has 8 heteroatoms. The van der Waals surface area contributed by atoms with Gasteiger partial charge in [0.05, 0.1) is 11.7 Å². The Bertz CT molecular complexity index is 1290. The molecule has 1 atom stereocenters. The molecule has 0 unspecified atom stereocenters. The van der Waals surface area contributed by atoms with E-state index in [0.717, 1.165) is 66.0 Å². The van der Waals surface area contributed by atoms with Crippen molar-refractivity contribution in [3.63, 3.8) is 0 Å². The maximum absolute atomic E-state index is 13.2. The molecule has 2 N–H and O–H groups in total. The van der Waals surface area contributed by atoms with Gasteiger partial charge in [-0.25, -0.2) is 9.97 Å². The fourth-order valence-corrected chi connectivity index (χ4v) is 5.15. The van der Waals surface area contributed by atoms with Crippen LogP contribution in [0.4, 0.5) is 11.6 Å². The lowest BCUT2D eigenvalue weighted by Crippen LogP contribution is -2.42. The van der Waals surface area contributed by atoms with E-state index < -0.39 is 0 Å². The number of Topliss-reactive ketones (excluding diaryl/α,β-unsaturated/α-hetero) is 1. The number of nitrogens with zero attached hydrogens (tertiary/aromatic N) is 4. The first kappa shape index (κ1) is 25.0. The van der Waals surface area contributed by atoms with Crippen LogP contribution in [0.15, 0.2) is 54.7 Å². The van der Waals surface area contributed by atoms with E-state index in [0.29, 0.717) is 25.5 Å². The van der Waals surface area contributed by atoms with Gasteiger partial charge in [0, 0.05) is 42.5 Å². The minimum atomic E-state index is -0.208. The SMILES string of the molecule is CN(C)CCCC(=O)c1ccc2cc1CN1CCC[C@H]1C(=O)NCc1cccc(c1)-c1ccnc(n1)N2. The Kier molecular flexibility index (Phi) is 7.58. The number of hydrogen-bond acceptors (Lipinski definition) is 7. The Morgan fingerprint density at radius 2 is 2.05 bits per heavy atom. The van der Waals surface area contributed by atoms with E-state index in [2.05, 4.69) is 31.5 Å². The molecule has 2 aliphatic rings. The molecular formula is C29H34N6O2. The van der Waals surface area contributed by atoms with Crippen molar-refractivity contribution in [2.45, 2.75) is 44.8 Å². The summed E-state index contributed by atoms with van der Waals surface area (Å²) in [7, 11) is 4.03. The van der Waals surface area contributed by atoms with E-state index in [9.17, 15) is 9.59 Å². The number of ketones is 1. The summed E-state index contributed by atoms with van der Waals surface area (Å²) in [5, 5.41) is 6.46. The van der Waals surface area contributed by atoms with E-state index in [1.54, 1.807) is 6.20 Å². The molecule has 3 heterocycles. The summed E-state index contributed by atoms with van der Waals surface area (Å²) in [5.74, 6) is 0.667. The smallest absolute Gasteiger partial charge is 0.237 e. The highest BCUT2D eigenvalue weighted by atomic mass is 16.2. The fourth-order valence-electron chi connectivity index (χ4n) is 5.15. The van der Waals surface area contributed by atoms with Crippen molar-refractivity contribution < 1.29 is 9.59 Å². The summed E-state index contributed by atoms with van der Waals surface area (Å²) >= 11 is 0. The molecule has 0 spiro atoms. The monoisotopic (exact) mass is 498 g/mol. The topological polar surface area (TPSA) is 90.5 Å². The largest absolute Gasteiger partial charge is 0.351 e. The fraction of sp³-hybridized carbons (Fsp3) is 0.379. The van der Waals surface area contributed by atoms with Gasteiger partial charge in [-0.2, -0.15) is 0 Å². The number of benzene rings is 2. The number of amides is 1. The second-order valence-electron chi connectivity index (χ2n) is 10.1. The summed E-state index contributed by atoms with van der Waals surface area (Å²) in [6.07, 6.45) is 4.80. The van der Waals surface area contributed by atoms with Crippen LogP contribution in [0.1, 0.15) is 47.2 Å². The summed E-state index contributed by atoms with van der Waals surface area (Å²) in [6.45, 7) is 2.69. The molecule has 5 rings (SSSR count). The number of anilines is 2. The minimum absolute atomic E-state index is 0.0347. The third-order valence-corrected chi connectivity index (χ3v) is 7.06. The van der Waals surface area contributed by atoms with Gasteiger partial charge in [-0.3, -0.25) is 14.5 Å². The maximum atomic E-state index is 13.2. The lowest BCUT2D eigenvalue weighted by Gasteiger charge is -2.25. The van der Waals surface area contributed by atoms with Gasteiger partial charge in [0.15, 0.2) is 5.78 Å². The Morgan fingerprint density at radius 1 is 1.16 bits per heavy atom. The quantitative estimate of drug-likeness (QED) is 0.514. The summed E-state index contributed by atoms with van der Waals surface area (Å²) in [6, 6.07) is 15.6. The van der Waals surface area contributed by atoms with Crippen molar-refractivity contribution in [1.82, 2.24) is 25.1 Å². The van der Waals surface area contributed by atoms with Crippen molar-refractivity contribution in [2.24, 2.45) is 0 Å². The highest BCUT2D eigenvalue weighted by Crippen LogP contribution is 2.27. The van der Waals surface area contributed by atoms with E-state index in [1.807, 2.05) is 56.6 Å². The Morgan fingerprint density at radius 3 is 2.92 bits per heavy atom. The van der Waals surface area contributed by atoms with Crippen LogP contribution in [0, 0.1) is 0 Å².